The van der Waals surface area contributed by atoms with E-state index in [1.165, 1.54) is 18.4 Å². The Balaban J connectivity index is 1.48. The van der Waals surface area contributed by atoms with E-state index in [0.717, 1.165) is 40.7 Å². The van der Waals surface area contributed by atoms with E-state index in [0.29, 0.717) is 17.2 Å². The molecule has 34 heavy (non-hydrogen) atoms. The van der Waals surface area contributed by atoms with Crippen molar-refractivity contribution in [2.24, 2.45) is 7.05 Å². The maximum Gasteiger partial charge on any atom is 0.261 e. The zero-order chi connectivity index (χ0) is 23.9. The van der Waals surface area contributed by atoms with E-state index in [-0.39, 0.29) is 11.0 Å². The Morgan fingerprint density at radius 1 is 1.00 bits per heavy atom. The zero-order valence-corrected chi connectivity index (χ0v) is 21.1. The van der Waals surface area contributed by atoms with Gasteiger partial charge in [0, 0.05) is 18.7 Å². The largest absolute Gasteiger partial charge is 0.299 e. The summed E-state index contributed by atoms with van der Waals surface area (Å²) in [5, 5.41) is 10.8. The monoisotopic (exact) mass is 473 g/mol. The third-order valence-corrected chi connectivity index (χ3v) is 7.71. The van der Waals surface area contributed by atoms with Crippen LogP contribution in [-0.2, 0) is 18.2 Å². The molecule has 0 radical (unpaired) electrons. The van der Waals surface area contributed by atoms with Crippen molar-refractivity contribution < 1.29 is 0 Å². The predicted molar refractivity (Wildman–Crippen MR) is 138 cm³/mol. The van der Waals surface area contributed by atoms with Crippen molar-refractivity contribution in [3.05, 3.63) is 70.3 Å². The summed E-state index contributed by atoms with van der Waals surface area (Å²) in [4.78, 5) is 17.6. The van der Waals surface area contributed by atoms with E-state index in [9.17, 15) is 4.79 Å². The number of nitrogens with zero attached hydrogens (tertiary/aromatic N) is 5. The molecule has 1 saturated carbocycles. The molecule has 2 aromatic carbocycles. The molecule has 2 heterocycles. The van der Waals surface area contributed by atoms with Gasteiger partial charge in [-0.15, -0.1) is 10.2 Å². The molecule has 0 amide bonds. The highest BCUT2D eigenvalue weighted by molar-refractivity contribution is 7.98. The Kier molecular flexibility index (Phi) is 6.06. The summed E-state index contributed by atoms with van der Waals surface area (Å²) in [5.74, 6) is 2.23. The standard InChI is InChI=1S/C27H31N5OS/c1-27(2,3)19-15-13-18(14-16-19)24-29-30-26(32(24)20-9-5-6-10-20)34-17-23-28-22-12-8-7-11-21(22)25(33)31(23)4/h7-8,11-16,20H,5-6,9-10,17H2,1-4H3. The summed E-state index contributed by atoms with van der Waals surface area (Å²) in [5.41, 5.74) is 3.23. The molecule has 7 heteroatoms. The minimum atomic E-state index is -0.0157. The van der Waals surface area contributed by atoms with Crippen molar-refractivity contribution in [2.75, 3.05) is 0 Å². The molecule has 0 aliphatic heterocycles. The lowest BCUT2D eigenvalue weighted by atomic mass is 9.86. The highest BCUT2D eigenvalue weighted by Crippen LogP contribution is 2.37. The van der Waals surface area contributed by atoms with E-state index in [4.69, 9.17) is 4.98 Å². The zero-order valence-electron chi connectivity index (χ0n) is 20.3. The van der Waals surface area contributed by atoms with Gasteiger partial charge in [0.15, 0.2) is 11.0 Å². The number of hydrogen-bond acceptors (Lipinski definition) is 5. The normalized spacial score (nSPS) is 14.8. The van der Waals surface area contributed by atoms with E-state index < -0.39 is 0 Å². The van der Waals surface area contributed by atoms with Crippen LogP contribution < -0.4 is 5.56 Å². The fourth-order valence-electron chi connectivity index (χ4n) is 4.71. The Labute approximate surface area is 204 Å². The summed E-state index contributed by atoms with van der Waals surface area (Å²) < 4.78 is 3.97. The summed E-state index contributed by atoms with van der Waals surface area (Å²) in [6.45, 7) is 6.68. The third kappa shape index (κ3) is 4.29. The summed E-state index contributed by atoms with van der Waals surface area (Å²) in [6.07, 6.45) is 4.75. The summed E-state index contributed by atoms with van der Waals surface area (Å²) in [6, 6.07) is 16.6. The highest BCUT2D eigenvalue weighted by atomic mass is 32.2. The van der Waals surface area contributed by atoms with E-state index in [1.807, 2.05) is 24.3 Å². The maximum atomic E-state index is 12.8. The molecule has 5 rings (SSSR count). The summed E-state index contributed by atoms with van der Waals surface area (Å²) >= 11 is 1.61. The Morgan fingerprint density at radius 3 is 2.41 bits per heavy atom. The topological polar surface area (TPSA) is 65.6 Å². The van der Waals surface area contributed by atoms with E-state index >= 15 is 0 Å². The van der Waals surface area contributed by atoms with Crippen LogP contribution in [0.4, 0.5) is 0 Å². The van der Waals surface area contributed by atoms with Gasteiger partial charge in [0.05, 0.1) is 16.7 Å². The molecule has 1 aliphatic rings. The van der Waals surface area contributed by atoms with Crippen LogP contribution >= 0.6 is 11.8 Å². The molecule has 0 atom stereocenters. The fourth-order valence-corrected chi connectivity index (χ4v) is 5.69. The molecular formula is C27H31N5OS. The van der Waals surface area contributed by atoms with Gasteiger partial charge in [-0.05, 0) is 36.0 Å². The van der Waals surface area contributed by atoms with Gasteiger partial charge in [0.2, 0.25) is 0 Å². The lowest BCUT2D eigenvalue weighted by Gasteiger charge is -2.20. The molecule has 1 aliphatic carbocycles. The predicted octanol–water partition coefficient (Wildman–Crippen LogP) is 5.90. The van der Waals surface area contributed by atoms with Crippen molar-refractivity contribution in [2.45, 2.75) is 68.8 Å². The first-order valence-electron chi connectivity index (χ1n) is 12.0. The van der Waals surface area contributed by atoms with Crippen molar-refractivity contribution >= 4 is 22.7 Å². The van der Waals surface area contributed by atoms with Gasteiger partial charge < -0.3 is 0 Å². The van der Waals surface area contributed by atoms with Gasteiger partial charge >= 0.3 is 0 Å². The van der Waals surface area contributed by atoms with Gasteiger partial charge in [-0.1, -0.05) is 81.8 Å². The smallest absolute Gasteiger partial charge is 0.261 e. The SMILES string of the molecule is Cn1c(CSc2nnc(-c3ccc(C(C)(C)C)cc3)n2C2CCCC2)nc2ccccc2c1=O. The van der Waals surface area contributed by atoms with Crippen LogP contribution in [0.15, 0.2) is 58.5 Å². The van der Waals surface area contributed by atoms with Crippen LogP contribution in [0.3, 0.4) is 0 Å². The average molecular weight is 474 g/mol. The first kappa shape index (κ1) is 22.8. The molecule has 0 unspecified atom stereocenters. The van der Waals surface area contributed by atoms with Gasteiger partial charge in [-0.25, -0.2) is 4.98 Å². The Morgan fingerprint density at radius 2 is 1.71 bits per heavy atom. The second kappa shape index (κ2) is 9.02. The summed E-state index contributed by atoms with van der Waals surface area (Å²) in [7, 11) is 1.79. The first-order chi connectivity index (χ1) is 16.3. The third-order valence-electron chi connectivity index (χ3n) is 6.77. The lowest BCUT2D eigenvalue weighted by molar-refractivity contribution is 0.485. The molecule has 1 fully saturated rings. The average Bonchev–Trinajstić information content (AvgIpc) is 3.50. The Bertz CT molecular complexity index is 1380. The van der Waals surface area contributed by atoms with Crippen LogP contribution in [0.2, 0.25) is 0 Å². The van der Waals surface area contributed by atoms with Crippen LogP contribution in [0.1, 0.15) is 63.9 Å². The second-order valence-electron chi connectivity index (χ2n) is 10.1. The van der Waals surface area contributed by atoms with Crippen molar-refractivity contribution in [3.63, 3.8) is 0 Å². The van der Waals surface area contributed by atoms with E-state index in [1.54, 1.807) is 23.4 Å². The van der Waals surface area contributed by atoms with Gasteiger partial charge in [0.25, 0.3) is 5.56 Å². The molecule has 0 saturated heterocycles. The molecule has 176 valence electrons. The minimum absolute atomic E-state index is 0.0157. The first-order valence-corrected chi connectivity index (χ1v) is 12.9. The minimum Gasteiger partial charge on any atom is -0.299 e. The number of rotatable bonds is 5. The van der Waals surface area contributed by atoms with E-state index in [2.05, 4.69) is 59.8 Å². The van der Waals surface area contributed by atoms with Crippen LogP contribution in [0.5, 0.6) is 0 Å². The maximum absolute atomic E-state index is 12.8. The molecule has 0 spiro atoms. The second-order valence-corrected chi connectivity index (χ2v) is 11.1. The number of para-hydroxylation sites is 1. The molecule has 6 nitrogen and oxygen atoms in total. The van der Waals surface area contributed by atoms with Crippen LogP contribution in [0, 0.1) is 0 Å². The van der Waals surface area contributed by atoms with Crippen molar-refractivity contribution in [3.8, 4) is 11.4 Å². The molecule has 2 aromatic heterocycles. The lowest BCUT2D eigenvalue weighted by Crippen LogP contribution is -2.22. The highest BCUT2D eigenvalue weighted by Gasteiger charge is 2.25. The number of hydrogen-bond donors (Lipinski definition) is 0. The molecule has 0 bridgehead atoms. The molecule has 0 N–H and O–H groups in total. The number of aromatic nitrogens is 5. The Hall–Kier alpha value is -2.93. The number of fused-ring (bicyclic) bond motifs is 1. The molecule has 4 aromatic rings. The van der Waals surface area contributed by atoms with Crippen LogP contribution in [-0.4, -0.2) is 24.3 Å². The number of thioether (sulfide) groups is 1. The quantitative estimate of drug-likeness (QED) is 0.338. The van der Waals surface area contributed by atoms with Gasteiger partial charge in [0.1, 0.15) is 5.82 Å². The van der Waals surface area contributed by atoms with Gasteiger partial charge in [-0.2, -0.15) is 0 Å². The number of benzene rings is 2. The van der Waals surface area contributed by atoms with Gasteiger partial charge in [-0.3, -0.25) is 13.9 Å². The molecular weight excluding hydrogens is 442 g/mol. The van der Waals surface area contributed by atoms with Crippen LogP contribution in [0.25, 0.3) is 22.3 Å². The van der Waals surface area contributed by atoms with Crippen molar-refractivity contribution in [1.29, 1.82) is 0 Å². The van der Waals surface area contributed by atoms with Crippen molar-refractivity contribution in [1.82, 2.24) is 24.3 Å². The fraction of sp³-hybridized carbons (Fsp3) is 0.407.